The highest BCUT2D eigenvalue weighted by Gasteiger charge is 2.35. The van der Waals surface area contributed by atoms with E-state index in [2.05, 4.69) is 0 Å². The number of halogens is 1. The second-order valence-electron chi connectivity index (χ2n) is 4.45. The Morgan fingerprint density at radius 3 is 2.53 bits per heavy atom. The van der Waals surface area contributed by atoms with Gasteiger partial charge in [0.25, 0.3) is 0 Å². The van der Waals surface area contributed by atoms with Crippen LogP contribution in [-0.2, 0) is 5.54 Å². The van der Waals surface area contributed by atoms with Crippen LogP contribution in [-0.4, -0.2) is 5.11 Å². The smallest absolute Gasteiger partial charge is 0.165 e. The maximum Gasteiger partial charge on any atom is 0.165 e. The molecule has 0 bridgehead atoms. The second-order valence-corrected chi connectivity index (χ2v) is 4.45. The number of rotatable bonds is 1. The third-order valence-electron chi connectivity index (χ3n) is 3.33. The van der Waals surface area contributed by atoms with Gasteiger partial charge in [0, 0.05) is 11.1 Å². The van der Waals surface area contributed by atoms with Gasteiger partial charge in [0.2, 0.25) is 0 Å². The molecule has 1 aromatic carbocycles. The van der Waals surface area contributed by atoms with Crippen LogP contribution in [0.4, 0.5) is 4.39 Å². The first kappa shape index (κ1) is 10.4. The molecule has 1 aliphatic rings. The Morgan fingerprint density at radius 1 is 1.33 bits per heavy atom. The predicted octanol–water partition coefficient (Wildman–Crippen LogP) is 2.57. The highest BCUT2D eigenvalue weighted by Crippen LogP contribution is 2.42. The minimum Gasteiger partial charge on any atom is -0.505 e. The maximum atomic E-state index is 13.3. The van der Waals surface area contributed by atoms with Gasteiger partial charge in [-0.1, -0.05) is 18.9 Å². The molecule has 1 fully saturated rings. The van der Waals surface area contributed by atoms with Gasteiger partial charge in [-0.25, -0.2) is 4.39 Å². The van der Waals surface area contributed by atoms with Crippen molar-refractivity contribution in [3.63, 3.8) is 0 Å². The fraction of sp³-hybridized carbons (Fsp3) is 0.500. The molecule has 0 amide bonds. The molecule has 0 atom stereocenters. The summed E-state index contributed by atoms with van der Waals surface area (Å²) in [6.45, 7) is 1.86. The largest absolute Gasteiger partial charge is 0.505 e. The summed E-state index contributed by atoms with van der Waals surface area (Å²) in [5, 5.41) is 9.75. The zero-order valence-corrected chi connectivity index (χ0v) is 8.89. The summed E-state index contributed by atoms with van der Waals surface area (Å²) in [7, 11) is 0. The van der Waals surface area contributed by atoms with E-state index in [0.717, 1.165) is 31.2 Å². The molecule has 0 aromatic heterocycles. The minimum absolute atomic E-state index is 0.264. The van der Waals surface area contributed by atoms with Crippen LogP contribution >= 0.6 is 0 Å². The highest BCUT2D eigenvalue weighted by molar-refractivity contribution is 5.45. The first-order valence-electron chi connectivity index (χ1n) is 5.32. The molecule has 3 N–H and O–H groups in total. The molecule has 15 heavy (non-hydrogen) atoms. The first-order valence-corrected chi connectivity index (χ1v) is 5.32. The monoisotopic (exact) mass is 209 g/mol. The zero-order valence-electron chi connectivity index (χ0n) is 8.89. The summed E-state index contributed by atoms with van der Waals surface area (Å²) in [6.07, 6.45) is 3.74. The summed E-state index contributed by atoms with van der Waals surface area (Å²) in [4.78, 5) is 0. The van der Waals surface area contributed by atoms with Gasteiger partial charge in [0.1, 0.15) is 0 Å². The molecule has 2 nitrogen and oxygen atoms in total. The second kappa shape index (κ2) is 3.49. The molecule has 1 aromatic rings. The Labute approximate surface area is 88.9 Å². The molecule has 0 saturated heterocycles. The van der Waals surface area contributed by atoms with Gasteiger partial charge in [-0.2, -0.15) is 0 Å². The molecule has 82 valence electrons. The van der Waals surface area contributed by atoms with Gasteiger partial charge in [-0.3, -0.25) is 0 Å². The molecule has 2 rings (SSSR count). The van der Waals surface area contributed by atoms with E-state index in [1.54, 1.807) is 6.07 Å². The normalized spacial score (nSPS) is 19.4. The van der Waals surface area contributed by atoms with Crippen molar-refractivity contribution in [2.24, 2.45) is 5.73 Å². The van der Waals surface area contributed by atoms with Gasteiger partial charge >= 0.3 is 0 Å². The number of hydrogen-bond acceptors (Lipinski definition) is 2. The van der Waals surface area contributed by atoms with E-state index in [4.69, 9.17) is 5.73 Å². The van der Waals surface area contributed by atoms with E-state index in [-0.39, 0.29) is 5.75 Å². The van der Waals surface area contributed by atoms with Crippen LogP contribution in [0.25, 0.3) is 0 Å². The summed E-state index contributed by atoms with van der Waals surface area (Å²) in [6, 6.07) is 2.96. The van der Waals surface area contributed by atoms with E-state index >= 15 is 0 Å². The van der Waals surface area contributed by atoms with Gasteiger partial charge in [0.05, 0.1) is 0 Å². The van der Waals surface area contributed by atoms with Crippen LogP contribution in [0.15, 0.2) is 12.1 Å². The van der Waals surface area contributed by atoms with Crippen molar-refractivity contribution in [2.75, 3.05) is 0 Å². The minimum atomic E-state index is -0.577. The van der Waals surface area contributed by atoms with Crippen molar-refractivity contribution < 1.29 is 9.50 Å². The molecule has 0 radical (unpaired) electrons. The molecule has 0 unspecified atom stereocenters. The Kier molecular flexibility index (Phi) is 2.43. The molecule has 0 aliphatic heterocycles. The molecule has 0 heterocycles. The van der Waals surface area contributed by atoms with Gasteiger partial charge in [0.15, 0.2) is 11.6 Å². The van der Waals surface area contributed by atoms with Gasteiger partial charge < -0.3 is 10.8 Å². The van der Waals surface area contributed by atoms with Crippen LogP contribution in [0.1, 0.15) is 36.8 Å². The van der Waals surface area contributed by atoms with Crippen molar-refractivity contribution in [3.8, 4) is 5.75 Å². The molecule has 1 aliphatic carbocycles. The number of nitrogens with two attached hydrogens (primary N) is 1. The number of hydrogen-bond donors (Lipinski definition) is 2. The topological polar surface area (TPSA) is 46.2 Å². The molecule has 0 spiro atoms. The fourth-order valence-electron chi connectivity index (χ4n) is 2.55. The zero-order chi connectivity index (χ0) is 11.1. The SMILES string of the molecule is Cc1ccc(F)c(O)c1C1(N)CCCC1. The quantitative estimate of drug-likeness (QED) is 0.746. The average Bonchev–Trinajstić information content (AvgIpc) is 2.60. The first-order chi connectivity index (χ1) is 7.04. The lowest BCUT2D eigenvalue weighted by Gasteiger charge is -2.27. The number of aromatic hydroxyl groups is 1. The Bertz CT molecular complexity index is 383. The Balaban J connectivity index is 2.55. The lowest BCUT2D eigenvalue weighted by Crippen LogP contribution is -2.34. The van der Waals surface area contributed by atoms with Gasteiger partial charge in [-0.05, 0) is 31.4 Å². The number of phenolic OH excluding ortho intramolecular Hbond substituents is 1. The third-order valence-corrected chi connectivity index (χ3v) is 3.33. The number of aryl methyl sites for hydroxylation is 1. The summed E-state index contributed by atoms with van der Waals surface area (Å²) >= 11 is 0. The predicted molar refractivity (Wildman–Crippen MR) is 57.1 cm³/mol. The molecule has 1 saturated carbocycles. The molecule has 3 heteroatoms. The summed E-state index contributed by atoms with van der Waals surface area (Å²) in [5.41, 5.74) is 7.16. The van der Waals surface area contributed by atoms with Crippen molar-refractivity contribution in [3.05, 3.63) is 29.1 Å². The lowest BCUT2D eigenvalue weighted by atomic mass is 9.85. The lowest BCUT2D eigenvalue weighted by molar-refractivity contribution is 0.384. The van der Waals surface area contributed by atoms with Gasteiger partial charge in [-0.15, -0.1) is 0 Å². The Hall–Kier alpha value is -1.09. The van der Waals surface area contributed by atoms with E-state index in [1.807, 2.05) is 6.92 Å². The Morgan fingerprint density at radius 2 is 1.93 bits per heavy atom. The fourth-order valence-corrected chi connectivity index (χ4v) is 2.55. The van der Waals surface area contributed by atoms with Crippen LogP contribution in [0, 0.1) is 12.7 Å². The average molecular weight is 209 g/mol. The van der Waals surface area contributed by atoms with Crippen LogP contribution < -0.4 is 5.73 Å². The molecular formula is C12H16FNO. The van der Waals surface area contributed by atoms with Crippen LogP contribution in [0.5, 0.6) is 5.75 Å². The highest BCUT2D eigenvalue weighted by atomic mass is 19.1. The summed E-state index contributed by atoms with van der Waals surface area (Å²) < 4.78 is 13.3. The standard InChI is InChI=1S/C12H16FNO/c1-8-4-5-9(13)11(15)10(8)12(14)6-2-3-7-12/h4-5,15H,2-3,6-7,14H2,1H3. The van der Waals surface area contributed by atoms with Crippen molar-refractivity contribution in [1.29, 1.82) is 0 Å². The van der Waals surface area contributed by atoms with Crippen molar-refractivity contribution >= 4 is 0 Å². The third kappa shape index (κ3) is 1.61. The van der Waals surface area contributed by atoms with E-state index in [1.165, 1.54) is 6.07 Å². The van der Waals surface area contributed by atoms with Crippen LogP contribution in [0.2, 0.25) is 0 Å². The maximum absolute atomic E-state index is 13.3. The number of phenols is 1. The molecular weight excluding hydrogens is 193 g/mol. The van der Waals surface area contributed by atoms with E-state index in [0.29, 0.717) is 5.56 Å². The summed E-state index contributed by atoms with van der Waals surface area (Å²) in [5.74, 6) is -0.841. The number of benzene rings is 1. The van der Waals surface area contributed by atoms with Crippen molar-refractivity contribution in [2.45, 2.75) is 38.1 Å². The van der Waals surface area contributed by atoms with Crippen molar-refractivity contribution in [1.82, 2.24) is 0 Å². The van der Waals surface area contributed by atoms with E-state index < -0.39 is 11.4 Å². The van der Waals surface area contributed by atoms with E-state index in [9.17, 15) is 9.50 Å². The van der Waals surface area contributed by atoms with Crippen LogP contribution in [0.3, 0.4) is 0 Å².